The first-order valence-electron chi connectivity index (χ1n) is 8.77. The Morgan fingerprint density at radius 1 is 1.04 bits per heavy atom. The first-order valence-corrected chi connectivity index (χ1v) is 8.77. The molecule has 7 heteroatoms. The van der Waals surface area contributed by atoms with E-state index in [0.29, 0.717) is 35.1 Å². The summed E-state index contributed by atoms with van der Waals surface area (Å²) in [5.74, 6) is 2.52. The molecule has 2 heterocycles. The van der Waals surface area contributed by atoms with Gasteiger partial charge < -0.3 is 24.3 Å². The van der Waals surface area contributed by atoms with Crippen LogP contribution in [0.3, 0.4) is 0 Å². The van der Waals surface area contributed by atoms with Crippen LogP contribution >= 0.6 is 0 Å². The average molecular weight is 379 g/mol. The maximum absolute atomic E-state index is 11.1. The van der Waals surface area contributed by atoms with E-state index in [2.05, 4.69) is 4.99 Å². The van der Waals surface area contributed by atoms with Crippen LogP contribution < -0.4 is 14.7 Å². The molecule has 144 valence electrons. The molecule has 0 amide bonds. The van der Waals surface area contributed by atoms with E-state index < -0.39 is 0 Å². The number of ether oxygens (including phenoxy) is 2. The van der Waals surface area contributed by atoms with Crippen molar-refractivity contribution in [1.29, 1.82) is 0 Å². The zero-order valence-corrected chi connectivity index (χ0v) is 15.5. The average Bonchev–Trinajstić information content (AvgIpc) is 3.22. The van der Waals surface area contributed by atoms with Gasteiger partial charge in [-0.05, 0) is 48.4 Å². The van der Waals surface area contributed by atoms with Gasteiger partial charge in [-0.2, -0.15) is 0 Å². The lowest BCUT2D eigenvalue weighted by Gasteiger charge is -2.21. The number of furan rings is 1. The van der Waals surface area contributed by atoms with Crippen LogP contribution in [-0.2, 0) is 6.42 Å². The van der Waals surface area contributed by atoms with Crippen molar-refractivity contribution in [3.05, 3.63) is 70.6 Å². The second kappa shape index (κ2) is 7.38. The largest absolute Gasteiger partial charge is 0.733 e. The minimum Gasteiger partial charge on any atom is -0.733 e. The molecule has 0 saturated heterocycles. The number of anilines is 1. The molecule has 2 aromatic carbocycles. The fraction of sp³-hybridized carbons (Fsp3) is 0.190. The van der Waals surface area contributed by atoms with Gasteiger partial charge in [-0.25, -0.2) is 0 Å². The lowest BCUT2D eigenvalue weighted by atomic mass is 9.95. The lowest BCUT2D eigenvalue weighted by molar-refractivity contribution is 0.296. The summed E-state index contributed by atoms with van der Waals surface area (Å²) in [6, 6.07) is 14.1. The Hall–Kier alpha value is -3.29. The Kier molecular flexibility index (Phi) is 4.77. The SMILES string of the molecule is COc1cc2c(cc1OC)C(c1ccc(-c3cccc(N([O-])O)c3)o1)=NCC2. The zero-order chi connectivity index (χ0) is 19.7. The highest BCUT2D eigenvalue weighted by Crippen LogP contribution is 2.35. The summed E-state index contributed by atoms with van der Waals surface area (Å²) >= 11 is 0. The van der Waals surface area contributed by atoms with Crippen LogP contribution in [0.15, 0.2) is 57.9 Å². The van der Waals surface area contributed by atoms with E-state index in [0.717, 1.165) is 23.3 Å². The van der Waals surface area contributed by atoms with Gasteiger partial charge in [-0.15, -0.1) is 0 Å². The number of benzene rings is 2. The molecule has 0 atom stereocenters. The Labute approximate surface area is 162 Å². The standard InChI is InChI=1S/C21H19N2O5/c1-26-19-11-13-8-9-22-21(16(13)12-20(19)27-2)18-7-6-17(28-18)14-4-3-5-15(10-14)23(24)25/h3-7,10-12,24H,8-9H2,1-2H3/q-1. The molecule has 0 saturated carbocycles. The number of aliphatic imine (C=N–C) groups is 1. The normalized spacial score (nSPS) is 12.9. The van der Waals surface area contributed by atoms with Crippen molar-refractivity contribution >= 4 is 11.4 Å². The van der Waals surface area contributed by atoms with Gasteiger partial charge in [0, 0.05) is 17.7 Å². The summed E-state index contributed by atoms with van der Waals surface area (Å²) < 4.78 is 16.9. The van der Waals surface area contributed by atoms with E-state index in [4.69, 9.17) is 19.1 Å². The minimum atomic E-state index is -0.172. The third kappa shape index (κ3) is 3.21. The molecular weight excluding hydrogens is 360 g/mol. The highest BCUT2D eigenvalue weighted by molar-refractivity contribution is 6.13. The monoisotopic (exact) mass is 379 g/mol. The Morgan fingerprint density at radius 3 is 2.54 bits per heavy atom. The topological polar surface area (TPSA) is 90.5 Å². The van der Waals surface area contributed by atoms with Gasteiger partial charge in [-0.3, -0.25) is 10.2 Å². The van der Waals surface area contributed by atoms with E-state index >= 15 is 0 Å². The van der Waals surface area contributed by atoms with Crippen LogP contribution in [0.1, 0.15) is 16.9 Å². The number of nitrogens with zero attached hydrogens (tertiary/aromatic N) is 2. The van der Waals surface area contributed by atoms with Gasteiger partial charge >= 0.3 is 0 Å². The molecule has 0 fully saturated rings. The van der Waals surface area contributed by atoms with Gasteiger partial charge in [0.05, 0.1) is 19.9 Å². The number of methoxy groups -OCH3 is 2. The number of hydrogen-bond donors (Lipinski definition) is 1. The van der Waals surface area contributed by atoms with Crippen molar-refractivity contribution in [1.82, 2.24) is 0 Å². The van der Waals surface area contributed by atoms with E-state index in [1.54, 1.807) is 32.4 Å². The highest BCUT2D eigenvalue weighted by Gasteiger charge is 2.22. The predicted octanol–water partition coefficient (Wildman–Crippen LogP) is 4.05. The van der Waals surface area contributed by atoms with Crippen molar-refractivity contribution in [2.45, 2.75) is 6.42 Å². The van der Waals surface area contributed by atoms with Crippen LogP contribution in [0, 0.1) is 5.21 Å². The van der Waals surface area contributed by atoms with Crippen LogP contribution in [-0.4, -0.2) is 31.7 Å². The Bertz CT molecular complexity index is 1040. The third-order valence-corrected chi connectivity index (χ3v) is 4.71. The molecule has 7 nitrogen and oxygen atoms in total. The summed E-state index contributed by atoms with van der Waals surface area (Å²) in [7, 11) is 3.22. The molecule has 1 aromatic heterocycles. The number of rotatable bonds is 5. The van der Waals surface area contributed by atoms with Gasteiger partial charge in [-0.1, -0.05) is 12.1 Å². The molecule has 28 heavy (non-hydrogen) atoms. The van der Waals surface area contributed by atoms with E-state index in [1.807, 2.05) is 24.3 Å². The van der Waals surface area contributed by atoms with Gasteiger partial charge in [0.15, 0.2) is 17.3 Å². The summed E-state index contributed by atoms with van der Waals surface area (Å²) in [5.41, 5.74) is 3.62. The maximum atomic E-state index is 11.1. The van der Waals surface area contributed by atoms with Gasteiger partial charge in [0.2, 0.25) is 0 Å². The van der Waals surface area contributed by atoms with Gasteiger partial charge in [0.25, 0.3) is 0 Å². The molecule has 0 spiro atoms. The van der Waals surface area contributed by atoms with E-state index in [-0.39, 0.29) is 10.9 Å². The van der Waals surface area contributed by atoms with E-state index in [9.17, 15) is 5.21 Å². The fourth-order valence-corrected chi connectivity index (χ4v) is 3.33. The maximum Gasteiger partial charge on any atom is 0.161 e. The van der Waals surface area contributed by atoms with Crippen molar-refractivity contribution < 1.29 is 19.1 Å². The number of hydrogen-bond acceptors (Lipinski definition) is 7. The van der Waals surface area contributed by atoms with Crippen molar-refractivity contribution in [3.63, 3.8) is 0 Å². The molecule has 1 aliphatic rings. The Morgan fingerprint density at radius 2 is 1.79 bits per heavy atom. The zero-order valence-electron chi connectivity index (χ0n) is 15.5. The van der Waals surface area contributed by atoms with Gasteiger partial charge in [0.1, 0.15) is 11.5 Å². The summed E-state index contributed by atoms with van der Waals surface area (Å²) in [6.45, 7) is 0.652. The molecule has 0 aliphatic carbocycles. The molecule has 1 aliphatic heterocycles. The molecular formula is C21H19N2O5-. The van der Waals surface area contributed by atoms with Crippen LogP contribution in [0.25, 0.3) is 11.3 Å². The minimum absolute atomic E-state index is 0.132. The Balaban J connectivity index is 1.72. The first kappa shape index (κ1) is 18.1. The summed E-state index contributed by atoms with van der Waals surface area (Å²) in [5, 5.41) is 20.1. The molecule has 0 unspecified atom stereocenters. The number of fused-ring (bicyclic) bond motifs is 1. The van der Waals surface area contributed by atoms with Crippen molar-refractivity contribution in [3.8, 4) is 22.8 Å². The molecule has 0 radical (unpaired) electrons. The van der Waals surface area contributed by atoms with Crippen molar-refractivity contribution in [2.75, 3.05) is 26.0 Å². The quantitative estimate of drug-likeness (QED) is 0.673. The predicted molar refractivity (Wildman–Crippen MR) is 106 cm³/mol. The molecule has 1 N–H and O–H groups in total. The molecule has 0 bridgehead atoms. The van der Waals surface area contributed by atoms with Crippen LogP contribution in [0.2, 0.25) is 0 Å². The lowest BCUT2D eigenvalue weighted by Crippen LogP contribution is -2.14. The fourth-order valence-electron chi connectivity index (χ4n) is 3.33. The highest BCUT2D eigenvalue weighted by atomic mass is 16.8. The second-order valence-electron chi connectivity index (χ2n) is 6.33. The second-order valence-corrected chi connectivity index (χ2v) is 6.33. The van der Waals surface area contributed by atoms with E-state index in [1.165, 1.54) is 6.07 Å². The smallest absolute Gasteiger partial charge is 0.161 e. The molecule has 3 aromatic rings. The summed E-state index contributed by atoms with van der Waals surface area (Å²) in [6.07, 6.45) is 0.810. The molecule has 4 rings (SSSR count). The van der Waals surface area contributed by atoms with Crippen molar-refractivity contribution in [2.24, 2.45) is 4.99 Å². The first-order chi connectivity index (χ1) is 13.6. The summed E-state index contributed by atoms with van der Waals surface area (Å²) in [4.78, 5) is 4.65. The van der Waals surface area contributed by atoms with Crippen LogP contribution in [0.5, 0.6) is 11.5 Å². The third-order valence-electron chi connectivity index (χ3n) is 4.71. The van der Waals surface area contributed by atoms with Crippen LogP contribution in [0.4, 0.5) is 5.69 Å².